The molecule has 146 valence electrons. The summed E-state index contributed by atoms with van der Waals surface area (Å²) in [5.41, 5.74) is 3.25. The van der Waals surface area contributed by atoms with Crippen molar-refractivity contribution in [2.24, 2.45) is 4.99 Å². The lowest BCUT2D eigenvalue weighted by atomic mass is 10.1. The van der Waals surface area contributed by atoms with E-state index in [1.165, 1.54) is 11.1 Å². The van der Waals surface area contributed by atoms with Crippen LogP contribution in [-0.2, 0) is 16.0 Å². The number of hydrogen-bond donors (Lipinski definition) is 0. The molecule has 0 fully saturated rings. The molecule has 0 amide bonds. The number of cyclic esters (lactones) is 1. The molecule has 0 radical (unpaired) electrons. The third-order valence-corrected chi connectivity index (χ3v) is 4.40. The van der Waals surface area contributed by atoms with Crippen LogP contribution in [0.1, 0.15) is 23.1 Å². The zero-order valence-corrected chi connectivity index (χ0v) is 16.4. The van der Waals surface area contributed by atoms with Crippen molar-refractivity contribution in [2.75, 3.05) is 21.3 Å². The Kier molecular flexibility index (Phi) is 5.99. The van der Waals surface area contributed by atoms with Gasteiger partial charge in [-0.3, -0.25) is 0 Å². The van der Waals surface area contributed by atoms with Gasteiger partial charge in [-0.05, 0) is 31.1 Å². The molecule has 0 aliphatic carbocycles. The van der Waals surface area contributed by atoms with E-state index in [1.54, 1.807) is 39.5 Å². The summed E-state index contributed by atoms with van der Waals surface area (Å²) in [6.45, 7) is 2.05. The Bertz CT molecular complexity index is 946. The first-order valence-corrected chi connectivity index (χ1v) is 8.91. The van der Waals surface area contributed by atoms with Crippen LogP contribution < -0.4 is 14.2 Å². The lowest BCUT2D eigenvalue weighted by molar-refractivity contribution is -0.130. The summed E-state index contributed by atoms with van der Waals surface area (Å²) >= 11 is 0. The fourth-order valence-electron chi connectivity index (χ4n) is 2.99. The maximum atomic E-state index is 12.2. The standard InChI is InChI=1S/C22H23NO5/c1-14-6-5-7-15(10-14)8-9-21-23-17(22(24)28-21)11-16-12-19(26-3)20(27-4)13-18(16)25-2/h5-7,10-13H,8-9H2,1-4H3/b17-11-. The fourth-order valence-corrected chi connectivity index (χ4v) is 2.99. The van der Waals surface area contributed by atoms with Gasteiger partial charge in [0.15, 0.2) is 23.1 Å². The molecule has 0 saturated carbocycles. The second-order valence-electron chi connectivity index (χ2n) is 6.36. The van der Waals surface area contributed by atoms with Crippen LogP contribution in [0.25, 0.3) is 6.08 Å². The van der Waals surface area contributed by atoms with E-state index in [0.717, 1.165) is 6.42 Å². The minimum Gasteiger partial charge on any atom is -0.496 e. The quantitative estimate of drug-likeness (QED) is 0.537. The van der Waals surface area contributed by atoms with E-state index in [9.17, 15) is 4.79 Å². The summed E-state index contributed by atoms with van der Waals surface area (Å²) in [6, 6.07) is 11.7. The third-order valence-electron chi connectivity index (χ3n) is 4.40. The van der Waals surface area contributed by atoms with Gasteiger partial charge in [0.25, 0.3) is 0 Å². The average Bonchev–Trinajstić information content (AvgIpc) is 3.05. The van der Waals surface area contributed by atoms with E-state index in [2.05, 4.69) is 17.1 Å². The lowest BCUT2D eigenvalue weighted by Gasteiger charge is -2.12. The summed E-state index contributed by atoms with van der Waals surface area (Å²) in [4.78, 5) is 16.6. The normalized spacial score (nSPS) is 14.6. The number of rotatable bonds is 7. The molecule has 0 N–H and O–H groups in total. The molecule has 6 nitrogen and oxygen atoms in total. The van der Waals surface area contributed by atoms with Crippen LogP contribution in [0.2, 0.25) is 0 Å². The highest BCUT2D eigenvalue weighted by Crippen LogP contribution is 2.36. The molecule has 0 aromatic heterocycles. The Labute approximate surface area is 164 Å². The molecule has 2 aromatic carbocycles. The zero-order valence-electron chi connectivity index (χ0n) is 16.4. The minimum absolute atomic E-state index is 0.227. The van der Waals surface area contributed by atoms with Crippen molar-refractivity contribution in [1.82, 2.24) is 0 Å². The monoisotopic (exact) mass is 381 g/mol. The summed E-state index contributed by atoms with van der Waals surface area (Å²) < 4.78 is 21.3. The number of carbonyl (C=O) groups excluding carboxylic acids is 1. The van der Waals surface area contributed by atoms with Crippen molar-refractivity contribution < 1.29 is 23.7 Å². The number of aryl methyl sites for hydroxylation is 2. The van der Waals surface area contributed by atoms with Gasteiger partial charge in [0, 0.05) is 18.1 Å². The lowest BCUT2D eigenvalue weighted by Crippen LogP contribution is -2.05. The second kappa shape index (κ2) is 8.61. The number of benzene rings is 2. The largest absolute Gasteiger partial charge is 0.496 e. The molecule has 1 aliphatic rings. The van der Waals surface area contributed by atoms with Crippen LogP contribution in [0.4, 0.5) is 0 Å². The van der Waals surface area contributed by atoms with Gasteiger partial charge in [-0.15, -0.1) is 0 Å². The molecular weight excluding hydrogens is 358 g/mol. The van der Waals surface area contributed by atoms with Crippen molar-refractivity contribution in [3.63, 3.8) is 0 Å². The molecule has 3 rings (SSSR count). The highest BCUT2D eigenvalue weighted by Gasteiger charge is 2.23. The minimum atomic E-state index is -0.476. The topological polar surface area (TPSA) is 66.3 Å². The molecular formula is C22H23NO5. The van der Waals surface area contributed by atoms with Crippen molar-refractivity contribution in [3.05, 3.63) is 58.8 Å². The van der Waals surface area contributed by atoms with Crippen LogP contribution in [0.3, 0.4) is 0 Å². The van der Waals surface area contributed by atoms with E-state index in [1.807, 2.05) is 19.1 Å². The fraction of sp³-hybridized carbons (Fsp3) is 0.273. The van der Waals surface area contributed by atoms with Gasteiger partial charge in [0.2, 0.25) is 0 Å². The predicted molar refractivity (Wildman–Crippen MR) is 107 cm³/mol. The predicted octanol–water partition coefficient (Wildman–Crippen LogP) is 3.95. The number of esters is 1. The second-order valence-corrected chi connectivity index (χ2v) is 6.36. The van der Waals surface area contributed by atoms with Gasteiger partial charge >= 0.3 is 5.97 Å². The van der Waals surface area contributed by atoms with Crippen molar-refractivity contribution in [3.8, 4) is 17.2 Å². The molecule has 0 saturated heterocycles. The maximum absolute atomic E-state index is 12.2. The first kappa shape index (κ1) is 19.5. The van der Waals surface area contributed by atoms with Crippen LogP contribution in [0.5, 0.6) is 17.2 Å². The highest BCUT2D eigenvalue weighted by molar-refractivity contribution is 6.07. The maximum Gasteiger partial charge on any atom is 0.363 e. The Morgan fingerprint density at radius 2 is 1.68 bits per heavy atom. The number of hydrogen-bond acceptors (Lipinski definition) is 6. The first-order chi connectivity index (χ1) is 13.5. The Morgan fingerprint density at radius 1 is 0.964 bits per heavy atom. The van der Waals surface area contributed by atoms with Gasteiger partial charge < -0.3 is 18.9 Å². The SMILES string of the molecule is COc1cc(OC)c(OC)cc1/C=C1\N=C(CCc2cccc(C)c2)OC1=O. The van der Waals surface area contributed by atoms with Gasteiger partial charge in [0.05, 0.1) is 21.3 Å². The molecule has 0 unspecified atom stereocenters. The Morgan fingerprint density at radius 3 is 2.36 bits per heavy atom. The molecule has 1 heterocycles. The molecule has 6 heteroatoms. The molecule has 0 bridgehead atoms. The van der Waals surface area contributed by atoms with E-state index >= 15 is 0 Å². The number of carbonyl (C=O) groups is 1. The highest BCUT2D eigenvalue weighted by atomic mass is 16.6. The Hall–Kier alpha value is -3.28. The van der Waals surface area contributed by atoms with Crippen molar-refractivity contribution in [2.45, 2.75) is 19.8 Å². The van der Waals surface area contributed by atoms with Crippen LogP contribution in [0, 0.1) is 6.92 Å². The van der Waals surface area contributed by atoms with E-state index in [-0.39, 0.29) is 5.70 Å². The van der Waals surface area contributed by atoms with Crippen LogP contribution in [-0.4, -0.2) is 33.2 Å². The van der Waals surface area contributed by atoms with Crippen molar-refractivity contribution >= 4 is 17.9 Å². The molecule has 1 aliphatic heterocycles. The zero-order chi connectivity index (χ0) is 20.1. The van der Waals surface area contributed by atoms with Gasteiger partial charge in [-0.2, -0.15) is 0 Å². The summed E-state index contributed by atoms with van der Waals surface area (Å²) in [6.07, 6.45) is 2.93. The van der Waals surface area contributed by atoms with Gasteiger partial charge in [-0.25, -0.2) is 9.79 Å². The van der Waals surface area contributed by atoms with Crippen molar-refractivity contribution in [1.29, 1.82) is 0 Å². The third kappa shape index (κ3) is 4.34. The Balaban J connectivity index is 1.82. The number of aliphatic imine (C=N–C) groups is 1. The van der Waals surface area contributed by atoms with Gasteiger partial charge in [-0.1, -0.05) is 29.8 Å². The molecule has 2 aromatic rings. The first-order valence-electron chi connectivity index (χ1n) is 8.91. The smallest absolute Gasteiger partial charge is 0.363 e. The number of methoxy groups -OCH3 is 3. The number of ether oxygens (including phenoxy) is 4. The molecule has 0 spiro atoms. The molecule has 28 heavy (non-hydrogen) atoms. The summed E-state index contributed by atoms with van der Waals surface area (Å²) in [5.74, 6) is 1.55. The van der Waals surface area contributed by atoms with E-state index < -0.39 is 5.97 Å². The van der Waals surface area contributed by atoms with Crippen LogP contribution in [0.15, 0.2) is 47.1 Å². The summed E-state index contributed by atoms with van der Waals surface area (Å²) in [5, 5.41) is 0. The summed E-state index contributed by atoms with van der Waals surface area (Å²) in [7, 11) is 4.65. The number of nitrogens with zero attached hydrogens (tertiary/aromatic N) is 1. The van der Waals surface area contributed by atoms with E-state index in [0.29, 0.717) is 35.1 Å². The van der Waals surface area contributed by atoms with E-state index in [4.69, 9.17) is 18.9 Å². The molecule has 0 atom stereocenters. The van der Waals surface area contributed by atoms with Crippen LogP contribution >= 0.6 is 0 Å². The average molecular weight is 381 g/mol. The van der Waals surface area contributed by atoms with Gasteiger partial charge in [0.1, 0.15) is 5.75 Å².